The summed E-state index contributed by atoms with van der Waals surface area (Å²) in [5, 5.41) is 4.86. The molecule has 1 rings (SSSR count). The first kappa shape index (κ1) is 13.2. The van der Waals surface area contributed by atoms with Gasteiger partial charge in [0.25, 0.3) is 0 Å². The molecule has 0 fully saturated rings. The molecule has 1 N–H and O–H groups in total. The molecule has 4 heteroatoms. The average molecular weight is 264 g/mol. The second-order valence-corrected chi connectivity index (χ2v) is 5.09. The molecular weight excluding hydrogens is 249 g/mol. The molecule has 0 atom stereocenters. The lowest BCUT2D eigenvalue weighted by Gasteiger charge is -2.06. The van der Waals surface area contributed by atoms with E-state index in [1.807, 2.05) is 23.9 Å². The zero-order valence-electron chi connectivity index (χ0n) is 8.72. The molecule has 1 aromatic carbocycles. The zero-order valence-corrected chi connectivity index (χ0v) is 11.1. The van der Waals surface area contributed by atoms with Gasteiger partial charge in [-0.3, -0.25) is 0 Å². The van der Waals surface area contributed by atoms with E-state index >= 15 is 0 Å². The smallest absolute Gasteiger partial charge is 0.0451 e. The maximum atomic E-state index is 6.03. The second kappa shape index (κ2) is 7.39. The van der Waals surface area contributed by atoms with Gasteiger partial charge in [-0.15, -0.1) is 0 Å². The van der Waals surface area contributed by atoms with Gasteiger partial charge in [-0.1, -0.05) is 23.2 Å². The average Bonchev–Trinajstić information content (AvgIpc) is 2.23. The number of hydrogen-bond donors (Lipinski definition) is 1. The molecule has 0 spiro atoms. The molecule has 84 valence electrons. The van der Waals surface area contributed by atoms with E-state index in [-0.39, 0.29) is 0 Å². The van der Waals surface area contributed by atoms with Gasteiger partial charge in [0.05, 0.1) is 0 Å². The van der Waals surface area contributed by atoms with Crippen molar-refractivity contribution in [1.29, 1.82) is 0 Å². The van der Waals surface area contributed by atoms with E-state index in [1.54, 1.807) is 6.07 Å². The van der Waals surface area contributed by atoms with Gasteiger partial charge >= 0.3 is 0 Å². The van der Waals surface area contributed by atoms with E-state index in [0.717, 1.165) is 28.7 Å². The highest BCUT2D eigenvalue weighted by atomic mass is 35.5. The molecule has 15 heavy (non-hydrogen) atoms. The first-order valence-corrected chi connectivity index (χ1v) is 7.02. The van der Waals surface area contributed by atoms with Crippen LogP contribution in [0, 0.1) is 0 Å². The second-order valence-electron chi connectivity index (χ2n) is 3.26. The molecule has 0 amide bonds. The first-order valence-electron chi connectivity index (χ1n) is 4.87. The fourth-order valence-electron chi connectivity index (χ4n) is 1.24. The monoisotopic (exact) mass is 263 g/mol. The molecule has 0 unspecified atom stereocenters. The van der Waals surface area contributed by atoms with Crippen LogP contribution in [0.2, 0.25) is 10.0 Å². The van der Waals surface area contributed by atoms with E-state index in [0.29, 0.717) is 0 Å². The van der Waals surface area contributed by atoms with E-state index in [2.05, 4.69) is 11.6 Å². The van der Waals surface area contributed by atoms with Crippen molar-refractivity contribution in [1.82, 2.24) is 5.32 Å². The normalized spacial score (nSPS) is 10.6. The van der Waals surface area contributed by atoms with E-state index in [1.165, 1.54) is 12.2 Å². The maximum absolute atomic E-state index is 6.03. The van der Waals surface area contributed by atoms with E-state index in [4.69, 9.17) is 23.2 Å². The lowest BCUT2D eigenvalue weighted by molar-refractivity contribution is 0.679. The molecule has 0 aliphatic heterocycles. The molecule has 0 aliphatic carbocycles. The fourth-order valence-corrected chi connectivity index (χ4v) is 2.06. The topological polar surface area (TPSA) is 12.0 Å². The van der Waals surface area contributed by atoms with Crippen LogP contribution in [0.4, 0.5) is 0 Å². The molecule has 0 radical (unpaired) electrons. The van der Waals surface area contributed by atoms with Gasteiger partial charge in [-0.25, -0.2) is 0 Å². The minimum Gasteiger partial charge on any atom is -0.313 e. The van der Waals surface area contributed by atoms with Gasteiger partial charge in [0.15, 0.2) is 0 Å². The summed E-state index contributed by atoms with van der Waals surface area (Å²) in [6.45, 7) is 1.80. The number of halogens is 2. The highest BCUT2D eigenvalue weighted by molar-refractivity contribution is 7.98. The lowest BCUT2D eigenvalue weighted by atomic mass is 10.2. The third-order valence-corrected chi connectivity index (χ3v) is 3.33. The summed E-state index contributed by atoms with van der Waals surface area (Å²) in [6.07, 6.45) is 3.30. The molecule has 0 aromatic heterocycles. The quantitative estimate of drug-likeness (QED) is 0.783. The Morgan fingerprint density at radius 2 is 2.13 bits per heavy atom. The highest BCUT2D eigenvalue weighted by Crippen LogP contribution is 2.20. The minimum absolute atomic E-state index is 0.736. The van der Waals surface area contributed by atoms with Crippen molar-refractivity contribution in [2.75, 3.05) is 18.6 Å². The Morgan fingerprint density at radius 3 is 2.87 bits per heavy atom. The van der Waals surface area contributed by atoms with Crippen molar-refractivity contribution in [3.63, 3.8) is 0 Å². The Balaban J connectivity index is 2.33. The Morgan fingerprint density at radius 1 is 1.33 bits per heavy atom. The minimum atomic E-state index is 0.736. The molecule has 0 saturated heterocycles. The number of benzene rings is 1. The van der Waals surface area contributed by atoms with Crippen molar-refractivity contribution in [2.45, 2.75) is 13.0 Å². The SMILES string of the molecule is CSCCCNCc1cc(Cl)ccc1Cl. The highest BCUT2D eigenvalue weighted by Gasteiger charge is 2.00. The van der Waals surface area contributed by atoms with Gasteiger partial charge < -0.3 is 5.32 Å². The Bertz CT molecular complexity index is 305. The molecule has 0 heterocycles. The van der Waals surface area contributed by atoms with Gasteiger partial charge in [-0.05, 0) is 48.7 Å². The van der Waals surface area contributed by atoms with Gasteiger partial charge in [0, 0.05) is 16.6 Å². The van der Waals surface area contributed by atoms with Crippen molar-refractivity contribution in [3.8, 4) is 0 Å². The first-order chi connectivity index (χ1) is 7.24. The van der Waals surface area contributed by atoms with Crippen molar-refractivity contribution in [3.05, 3.63) is 33.8 Å². The van der Waals surface area contributed by atoms with Gasteiger partial charge in [-0.2, -0.15) is 11.8 Å². The summed E-state index contributed by atoms with van der Waals surface area (Å²) in [5.74, 6) is 1.19. The molecule has 1 nitrogen and oxygen atoms in total. The van der Waals surface area contributed by atoms with Crippen LogP contribution < -0.4 is 5.32 Å². The van der Waals surface area contributed by atoms with Gasteiger partial charge in [0.1, 0.15) is 0 Å². The third-order valence-electron chi connectivity index (χ3n) is 2.03. The molecule has 0 aliphatic rings. The Hall–Kier alpha value is 0.110. The summed E-state index contributed by atoms with van der Waals surface area (Å²) in [6, 6.07) is 5.55. The van der Waals surface area contributed by atoms with Crippen LogP contribution in [0.15, 0.2) is 18.2 Å². The summed E-state index contributed by atoms with van der Waals surface area (Å²) in [4.78, 5) is 0. The summed E-state index contributed by atoms with van der Waals surface area (Å²) >= 11 is 13.8. The number of thioether (sulfide) groups is 1. The third kappa shape index (κ3) is 5.12. The number of rotatable bonds is 6. The van der Waals surface area contributed by atoms with Crippen LogP contribution in [0.25, 0.3) is 0 Å². The molecule has 1 aromatic rings. The number of hydrogen-bond acceptors (Lipinski definition) is 2. The van der Waals surface area contributed by atoms with Crippen LogP contribution in [-0.4, -0.2) is 18.6 Å². The van der Waals surface area contributed by atoms with Gasteiger partial charge in [0.2, 0.25) is 0 Å². The molecular formula is C11H15Cl2NS. The summed E-state index contributed by atoms with van der Waals surface area (Å²) < 4.78 is 0. The number of nitrogens with one attached hydrogen (secondary N) is 1. The predicted octanol–water partition coefficient (Wildman–Crippen LogP) is 3.84. The summed E-state index contributed by atoms with van der Waals surface area (Å²) in [5.41, 5.74) is 1.06. The van der Waals surface area contributed by atoms with Crippen LogP contribution >= 0.6 is 35.0 Å². The van der Waals surface area contributed by atoms with Crippen LogP contribution in [0.1, 0.15) is 12.0 Å². The Labute approximate surface area is 106 Å². The largest absolute Gasteiger partial charge is 0.313 e. The van der Waals surface area contributed by atoms with Crippen molar-refractivity contribution >= 4 is 35.0 Å². The fraction of sp³-hybridized carbons (Fsp3) is 0.455. The standard InChI is InChI=1S/C11H15Cl2NS/c1-15-6-2-5-14-8-9-7-10(12)3-4-11(9)13/h3-4,7,14H,2,5-6,8H2,1H3. The van der Waals surface area contributed by atoms with E-state index in [9.17, 15) is 0 Å². The summed E-state index contributed by atoms with van der Waals surface area (Å²) in [7, 11) is 0. The van der Waals surface area contributed by atoms with E-state index < -0.39 is 0 Å². The van der Waals surface area contributed by atoms with Crippen LogP contribution in [0.3, 0.4) is 0 Å². The predicted molar refractivity (Wildman–Crippen MR) is 71.2 cm³/mol. The van der Waals surface area contributed by atoms with Crippen molar-refractivity contribution < 1.29 is 0 Å². The van der Waals surface area contributed by atoms with Crippen molar-refractivity contribution in [2.24, 2.45) is 0 Å². The Kier molecular flexibility index (Phi) is 6.50. The molecule has 0 bridgehead atoms. The zero-order chi connectivity index (χ0) is 11.1. The maximum Gasteiger partial charge on any atom is 0.0451 e. The van der Waals surface area contributed by atoms with Crippen LogP contribution in [-0.2, 0) is 6.54 Å². The molecule has 0 saturated carbocycles. The van der Waals surface area contributed by atoms with Crippen LogP contribution in [0.5, 0.6) is 0 Å². The lowest BCUT2D eigenvalue weighted by Crippen LogP contribution is -2.15.